The number of nitrogens with zero attached hydrogens (tertiary/aromatic N) is 10. The van der Waals surface area contributed by atoms with Crippen LogP contribution in [0.25, 0.3) is 0 Å². The van der Waals surface area contributed by atoms with Gasteiger partial charge in [-0.3, -0.25) is 76.8 Å². The molecule has 5 aliphatic carbocycles. The lowest BCUT2D eigenvalue weighted by Crippen LogP contribution is -2.53. The zero-order valence-corrected chi connectivity index (χ0v) is 92.9. The summed E-state index contributed by atoms with van der Waals surface area (Å²) in [5.41, 5.74) is 5.38. The maximum atomic E-state index is 13.4. The molecule has 810 valence electrons. The Labute approximate surface area is 918 Å². The average Bonchev–Trinajstić information content (AvgIpc) is 0.789. The number of hydrogen-bond acceptors (Lipinski definition) is 20. The first kappa shape index (κ1) is 113. The van der Waals surface area contributed by atoms with Crippen molar-refractivity contribution in [1.29, 1.82) is 0 Å². The molecule has 10 fully saturated rings. The smallest absolute Gasteiger partial charge is 0.250 e. The second-order valence-corrected chi connectivity index (χ2v) is 49.2. The summed E-state index contributed by atoms with van der Waals surface area (Å²) in [6.45, 7) is 10.6. The van der Waals surface area contributed by atoms with Gasteiger partial charge in [-0.1, -0.05) is 167 Å². The molecular weight excluding hydrogens is 2060 g/mol. The van der Waals surface area contributed by atoms with E-state index >= 15 is 0 Å². The molecule has 20 rings (SSSR count). The summed E-state index contributed by atoms with van der Waals surface area (Å²) < 4.78 is 0. The number of rotatable bonds is 20. The second kappa shape index (κ2) is 55.2. The van der Waals surface area contributed by atoms with E-state index in [4.69, 9.17) is 34.8 Å². The minimum absolute atomic E-state index is 0.0316. The third kappa shape index (κ3) is 29.7. The molecule has 0 aromatic heterocycles. The predicted octanol–water partition coefficient (Wildman–Crippen LogP) is 17.4. The van der Waals surface area contributed by atoms with E-state index < -0.39 is 26.2 Å². The van der Waals surface area contributed by atoms with Crippen LogP contribution in [-0.4, -0.2) is 268 Å². The number of amides is 15. The van der Waals surface area contributed by atoms with Crippen molar-refractivity contribution in [2.24, 2.45) is 0 Å². The van der Waals surface area contributed by atoms with E-state index in [1.807, 2.05) is 72.2 Å². The Morgan fingerprint density at radius 2 is 0.527 bits per heavy atom. The van der Waals surface area contributed by atoms with Crippen LogP contribution in [-0.2, 0) is 71.9 Å². The summed E-state index contributed by atoms with van der Waals surface area (Å²) in [5, 5.41) is 12.7. The van der Waals surface area contributed by atoms with Crippen LogP contribution in [0.5, 0.6) is 0 Å². The quantitative estimate of drug-likeness (QED) is 0.0452. The number of aryl methyl sites for hydroxylation is 2. The SMILES string of the molecule is Cc1ccc2c(c1)N(CC(=O)NC1CCCCC1)C(=O)C(C(=O)N1CCCCC1)S2.Cc1ccc2c(c1)SC(C(=O)N1CCCCC1)C(=O)N2CC(=O)NC1CCCCC1.O=C(CN1C(=O)C(C(=O)N2CCCCC2)Sc2c(Cl)cccc21)NC1CCCCC1.O=C(CN1C(=O)C(C(=O)N2CCCCC2)Sc2cc(Cl)ccc21)NC1CCCCC1.O=C(CN1C(=O)C(C(=O)N2CCCCC2)Sc2cccc(Cl)c21)NC1CCCCC1. The van der Waals surface area contributed by atoms with Crippen LogP contribution in [0.4, 0.5) is 28.4 Å². The zero-order valence-electron chi connectivity index (χ0n) is 86.6. The van der Waals surface area contributed by atoms with Crippen molar-refractivity contribution < 1.29 is 71.9 Å². The number of carbonyl (C=O) groups excluding carboxylic acids is 15. The average molecular weight is 2210 g/mol. The number of fused-ring (bicyclic) bond motifs is 5. The lowest BCUT2D eigenvalue weighted by molar-refractivity contribution is -0.137. The summed E-state index contributed by atoms with van der Waals surface area (Å²) in [7, 11) is 0. The molecule has 15 aliphatic rings. The van der Waals surface area contributed by atoms with Gasteiger partial charge in [0.2, 0.25) is 59.1 Å². The molecule has 5 saturated heterocycles. The highest BCUT2D eigenvalue weighted by atomic mass is 35.5. The van der Waals surface area contributed by atoms with Crippen LogP contribution in [0.15, 0.2) is 115 Å². The molecule has 5 N–H and O–H groups in total. The Bertz CT molecular complexity index is 5450. The number of nitrogens with one attached hydrogen (secondary N) is 5. The van der Waals surface area contributed by atoms with Crippen molar-refractivity contribution in [1.82, 2.24) is 51.1 Å². The van der Waals surface area contributed by atoms with Crippen LogP contribution in [0.2, 0.25) is 15.1 Å². The van der Waals surface area contributed by atoms with Gasteiger partial charge in [0, 0.05) is 120 Å². The van der Waals surface area contributed by atoms with Gasteiger partial charge in [0.05, 0.1) is 43.4 Å². The number of thioether (sulfide) groups is 5. The molecule has 5 saturated carbocycles. The predicted molar refractivity (Wildman–Crippen MR) is 594 cm³/mol. The van der Waals surface area contributed by atoms with E-state index in [9.17, 15) is 71.9 Å². The lowest BCUT2D eigenvalue weighted by Gasteiger charge is -2.36. The Balaban J connectivity index is 0.000000133. The van der Waals surface area contributed by atoms with Crippen LogP contribution in [0.1, 0.15) is 268 Å². The summed E-state index contributed by atoms with van der Waals surface area (Å²) in [4.78, 5) is 217. The Hall–Kier alpha value is -9.23. The largest absolute Gasteiger partial charge is 0.352 e. The molecule has 5 aromatic rings. The molecule has 10 aliphatic heterocycles. The molecule has 38 heteroatoms. The van der Waals surface area contributed by atoms with Crippen LogP contribution >= 0.6 is 93.6 Å². The third-order valence-electron chi connectivity index (χ3n) is 31.0. The number of para-hydroxylation sites is 1. The highest BCUT2D eigenvalue weighted by molar-refractivity contribution is 8.03. The van der Waals surface area contributed by atoms with E-state index in [1.165, 1.54) is 115 Å². The summed E-state index contributed by atoms with van der Waals surface area (Å²) >= 11 is 25.4. The standard InChI is InChI=1S/2C23H31N3O3S.3C22H28ClN3O3S/c1-16-10-11-19-18(14-16)26(15-20(27)24-17-8-4-2-5-9-17)23(29)21(30-19)22(28)25-12-6-3-7-13-25;1-16-10-11-18-19(14-16)30-21(22(28)25-12-6-3-7-13-25)23(29)26(18)15-20(27)24-17-8-4-2-5-9-17;23-16-10-7-11-17-19(16)26(14-18(27)24-15-8-3-1-4-9-15)22(29)20(30-17)21(28)25-12-5-2-6-13-25;23-16-10-7-11-17-19(16)30-20(21(28)25-12-5-2-6-13-25)22(29)26(17)14-18(27)24-15-8-3-1-4-9-15;23-15-9-10-17-18(13-15)30-20(21(28)25-11-5-2-6-12-25)22(29)26(17)14-19(27)24-16-7-3-1-4-8-16/h2*10-11,14,17,21H,2-9,12-13,15H2,1H3,(H,24,27);2*7,10-11,15,20H,1-6,8-9,12-14H2,(H,24,27);9-10,13,16,20H,1-8,11-12,14H2,(H,24,27). The fraction of sp³-hybridized carbons (Fsp3) is 0.598. The summed E-state index contributed by atoms with van der Waals surface area (Å²) in [5.74, 6) is -3.10. The minimum atomic E-state index is -0.891. The Morgan fingerprint density at radius 3 is 0.887 bits per heavy atom. The molecule has 0 radical (unpaired) electrons. The van der Waals surface area contributed by atoms with Crippen molar-refractivity contribution in [2.45, 2.75) is 352 Å². The van der Waals surface area contributed by atoms with E-state index in [0.29, 0.717) is 102 Å². The van der Waals surface area contributed by atoms with Gasteiger partial charge < -0.3 is 70.7 Å². The first-order chi connectivity index (χ1) is 72.7. The zero-order chi connectivity index (χ0) is 105. The Kier molecular flexibility index (Phi) is 41.7. The highest BCUT2D eigenvalue weighted by Gasteiger charge is 2.49. The van der Waals surface area contributed by atoms with Gasteiger partial charge in [-0.05, 0) is 252 Å². The minimum Gasteiger partial charge on any atom is -0.352 e. The van der Waals surface area contributed by atoms with E-state index in [2.05, 4.69) is 26.6 Å². The number of likely N-dealkylation sites (tertiary alicyclic amines) is 5. The molecule has 30 nitrogen and oxygen atoms in total. The maximum Gasteiger partial charge on any atom is 0.250 e. The monoisotopic (exact) mass is 2210 g/mol. The number of benzene rings is 5. The maximum absolute atomic E-state index is 13.4. The lowest BCUT2D eigenvalue weighted by atomic mass is 9.95. The van der Waals surface area contributed by atoms with Gasteiger partial charge in [0.25, 0.3) is 29.5 Å². The van der Waals surface area contributed by atoms with Gasteiger partial charge in [0.1, 0.15) is 32.7 Å². The number of piperidine rings is 5. The van der Waals surface area contributed by atoms with Crippen molar-refractivity contribution in [3.8, 4) is 0 Å². The first-order valence-corrected chi connectivity index (χ1v) is 60.6. The van der Waals surface area contributed by atoms with Gasteiger partial charge in [-0.25, -0.2) is 0 Å². The molecule has 150 heavy (non-hydrogen) atoms. The molecule has 0 bridgehead atoms. The molecule has 5 unspecified atom stereocenters. The molecule has 15 amide bonds. The highest BCUT2D eigenvalue weighted by Crippen LogP contribution is 2.49. The molecule has 10 heterocycles. The van der Waals surface area contributed by atoms with Gasteiger partial charge in [0.15, 0.2) is 26.2 Å². The van der Waals surface area contributed by atoms with Crippen molar-refractivity contribution in [3.63, 3.8) is 0 Å². The summed E-state index contributed by atoms with van der Waals surface area (Å²) in [6, 6.07) is 28.6. The van der Waals surface area contributed by atoms with Crippen molar-refractivity contribution >= 4 is 211 Å². The molecule has 5 atom stereocenters. The topological polar surface area (TPSA) is 349 Å². The Morgan fingerprint density at radius 1 is 0.260 bits per heavy atom. The molecule has 5 aromatic carbocycles. The van der Waals surface area contributed by atoms with Crippen LogP contribution in [0.3, 0.4) is 0 Å². The van der Waals surface area contributed by atoms with Crippen LogP contribution < -0.4 is 51.1 Å². The second-order valence-electron chi connectivity index (χ2n) is 42.3. The number of carbonyl (C=O) groups is 15. The van der Waals surface area contributed by atoms with Gasteiger partial charge >= 0.3 is 0 Å². The fourth-order valence-electron chi connectivity index (χ4n) is 22.8. The third-order valence-corrected chi connectivity index (χ3v) is 38.1. The van der Waals surface area contributed by atoms with Crippen molar-refractivity contribution in [3.05, 3.63) is 117 Å². The first-order valence-electron chi connectivity index (χ1n) is 55.1. The van der Waals surface area contributed by atoms with E-state index in [-0.39, 0.29) is 152 Å². The van der Waals surface area contributed by atoms with E-state index in [1.54, 1.807) is 57.2 Å². The normalized spacial score (nSPS) is 22.6. The molecular formula is C112H146Cl3N15O15S5. The molecule has 0 spiro atoms. The van der Waals surface area contributed by atoms with Gasteiger partial charge in [-0.2, -0.15) is 0 Å². The van der Waals surface area contributed by atoms with Gasteiger partial charge in [-0.15, -0.1) is 47.0 Å². The van der Waals surface area contributed by atoms with E-state index in [0.717, 1.165) is 267 Å². The fourth-order valence-corrected chi connectivity index (χ4v) is 29.8. The number of hydrogen-bond donors (Lipinski definition) is 5. The van der Waals surface area contributed by atoms with Crippen LogP contribution in [0, 0.1) is 13.8 Å². The number of anilines is 5. The van der Waals surface area contributed by atoms with Crippen molar-refractivity contribution in [2.75, 3.05) is 123 Å². The number of halogens is 3. The summed E-state index contributed by atoms with van der Waals surface area (Å²) in [6.07, 6.45) is 42.5.